The van der Waals surface area contributed by atoms with Crippen LogP contribution in [0, 0.1) is 5.92 Å². The molecule has 0 fully saturated rings. The van der Waals surface area contributed by atoms with Gasteiger partial charge in [0.1, 0.15) is 0 Å². The average molecular weight is 381 g/mol. The van der Waals surface area contributed by atoms with Crippen LogP contribution in [0.1, 0.15) is 26.7 Å². The molecule has 0 aliphatic rings. The molecule has 0 saturated carbocycles. The van der Waals surface area contributed by atoms with Gasteiger partial charge in [0, 0.05) is 15.0 Å². The van der Waals surface area contributed by atoms with E-state index in [2.05, 4.69) is 64.3 Å². The van der Waals surface area contributed by atoms with Gasteiger partial charge in [-0.25, -0.2) is 0 Å². The minimum absolute atomic E-state index is 0.740. The molecule has 0 aliphatic carbocycles. The molecule has 0 spiro atoms. The summed E-state index contributed by atoms with van der Waals surface area (Å²) in [6.45, 7) is 4.57. The fourth-order valence-electron chi connectivity index (χ4n) is 1.11. The van der Waals surface area contributed by atoms with Crippen LogP contribution < -0.4 is 5.32 Å². The Labute approximate surface area is 97.4 Å². The molecule has 0 aliphatic heterocycles. The van der Waals surface area contributed by atoms with Gasteiger partial charge in [-0.15, -0.1) is 0 Å². The molecule has 0 aromatic rings. The monoisotopic (exact) mass is 381 g/mol. The number of rotatable bonds is 6. The van der Waals surface area contributed by atoms with E-state index in [0.29, 0.717) is 0 Å². The van der Waals surface area contributed by atoms with Crippen LogP contribution in [-0.2, 0) is 0 Å². The van der Waals surface area contributed by atoms with Crippen molar-refractivity contribution in [2.75, 3.05) is 8.98 Å². The third kappa shape index (κ3) is 7.77. The van der Waals surface area contributed by atoms with Crippen LogP contribution in [0.3, 0.4) is 0 Å². The largest absolute Gasteiger partial charge is 0.305 e. The zero-order valence-electron chi connectivity index (χ0n) is 7.24. The van der Waals surface area contributed by atoms with Gasteiger partial charge in [0.05, 0.1) is 0 Å². The minimum Gasteiger partial charge on any atom is -0.305 e. The Balaban J connectivity index is 3.50. The van der Waals surface area contributed by atoms with Gasteiger partial charge in [-0.2, -0.15) is 0 Å². The van der Waals surface area contributed by atoms with Crippen molar-refractivity contribution in [3.63, 3.8) is 0 Å². The van der Waals surface area contributed by atoms with Gasteiger partial charge < -0.3 is 5.32 Å². The molecular formula is C8H17I2N. The highest BCUT2D eigenvalue weighted by molar-refractivity contribution is 14.1. The zero-order valence-corrected chi connectivity index (χ0v) is 11.6. The van der Waals surface area contributed by atoms with E-state index in [-0.39, 0.29) is 0 Å². The lowest BCUT2D eigenvalue weighted by molar-refractivity contribution is 0.435. The number of hydrogen-bond acceptors (Lipinski definition) is 1. The van der Waals surface area contributed by atoms with Gasteiger partial charge in [-0.05, 0) is 18.8 Å². The Morgan fingerprint density at radius 1 is 1.27 bits per heavy atom. The first-order chi connectivity index (χ1) is 5.20. The minimum atomic E-state index is 0.740. The van der Waals surface area contributed by atoms with Crippen LogP contribution in [0.25, 0.3) is 0 Å². The van der Waals surface area contributed by atoms with Gasteiger partial charge in [-0.3, -0.25) is 0 Å². The van der Waals surface area contributed by atoms with E-state index in [1.165, 1.54) is 17.3 Å². The van der Waals surface area contributed by atoms with E-state index in [1.807, 2.05) is 0 Å². The number of hydrogen-bond donors (Lipinski definition) is 1. The van der Waals surface area contributed by atoms with E-state index in [4.69, 9.17) is 0 Å². The van der Waals surface area contributed by atoms with Crippen molar-refractivity contribution in [1.29, 1.82) is 0 Å². The summed E-state index contributed by atoms with van der Waals surface area (Å²) < 4.78 is 2.34. The zero-order chi connectivity index (χ0) is 8.69. The van der Waals surface area contributed by atoms with E-state index in [1.54, 1.807) is 0 Å². The SMILES string of the molecule is CC(C)C[C@H](CCI)NCI. The van der Waals surface area contributed by atoms with Crippen molar-refractivity contribution >= 4 is 45.2 Å². The summed E-state index contributed by atoms with van der Waals surface area (Å²) in [6, 6.07) is 0.740. The van der Waals surface area contributed by atoms with Gasteiger partial charge in [0.2, 0.25) is 0 Å². The summed E-state index contributed by atoms with van der Waals surface area (Å²) in [6.07, 6.45) is 2.62. The van der Waals surface area contributed by atoms with Crippen LogP contribution in [0.15, 0.2) is 0 Å². The summed E-state index contributed by atoms with van der Waals surface area (Å²) in [5, 5.41) is 3.50. The van der Waals surface area contributed by atoms with Gasteiger partial charge in [0.25, 0.3) is 0 Å². The summed E-state index contributed by atoms with van der Waals surface area (Å²) in [4.78, 5) is 0. The molecule has 1 atom stereocenters. The lowest BCUT2D eigenvalue weighted by atomic mass is 10.0. The summed E-state index contributed by atoms with van der Waals surface area (Å²) in [7, 11) is 0. The smallest absolute Gasteiger partial charge is 0.0482 e. The molecule has 1 N–H and O–H groups in total. The van der Waals surface area contributed by atoms with Crippen LogP contribution in [0.4, 0.5) is 0 Å². The Morgan fingerprint density at radius 2 is 1.91 bits per heavy atom. The van der Waals surface area contributed by atoms with E-state index >= 15 is 0 Å². The molecule has 11 heavy (non-hydrogen) atoms. The first kappa shape index (κ1) is 12.4. The van der Waals surface area contributed by atoms with Crippen LogP contribution in [0.2, 0.25) is 0 Å². The van der Waals surface area contributed by atoms with Crippen molar-refractivity contribution in [2.45, 2.75) is 32.7 Å². The highest BCUT2D eigenvalue weighted by Crippen LogP contribution is 2.09. The Bertz CT molecular complexity index is 80.2. The standard InChI is InChI=1S/C8H17I2N/c1-7(2)5-8(3-4-9)11-6-10/h7-8,11H,3-6H2,1-2H3/t8-/m0/s1. The fraction of sp³-hybridized carbons (Fsp3) is 1.00. The lowest BCUT2D eigenvalue weighted by Crippen LogP contribution is -2.29. The molecular weight excluding hydrogens is 364 g/mol. The molecule has 1 nitrogen and oxygen atoms in total. The van der Waals surface area contributed by atoms with Crippen molar-refractivity contribution in [2.24, 2.45) is 5.92 Å². The van der Waals surface area contributed by atoms with E-state index in [9.17, 15) is 0 Å². The highest BCUT2D eigenvalue weighted by atomic mass is 127. The maximum Gasteiger partial charge on any atom is 0.0482 e. The van der Waals surface area contributed by atoms with Crippen molar-refractivity contribution in [1.82, 2.24) is 5.32 Å². The molecule has 0 amide bonds. The Hall–Kier alpha value is 1.42. The third-order valence-corrected chi connectivity index (χ3v) is 2.64. The predicted molar refractivity (Wildman–Crippen MR) is 68.8 cm³/mol. The first-order valence-electron chi connectivity index (χ1n) is 4.06. The second-order valence-corrected chi connectivity index (χ2v) is 4.98. The first-order valence-corrected chi connectivity index (χ1v) is 7.11. The summed E-state index contributed by atoms with van der Waals surface area (Å²) in [5.74, 6) is 0.818. The predicted octanol–water partition coefficient (Wildman–Crippen LogP) is 3.21. The quantitative estimate of drug-likeness (QED) is 0.424. The molecule has 0 heterocycles. The van der Waals surface area contributed by atoms with Gasteiger partial charge in [0.15, 0.2) is 0 Å². The maximum atomic E-state index is 3.50. The van der Waals surface area contributed by atoms with Crippen molar-refractivity contribution in [3.8, 4) is 0 Å². The average Bonchev–Trinajstić information content (AvgIpc) is 1.87. The third-order valence-electron chi connectivity index (χ3n) is 1.58. The van der Waals surface area contributed by atoms with Crippen LogP contribution in [0.5, 0.6) is 0 Å². The van der Waals surface area contributed by atoms with Gasteiger partial charge in [-0.1, -0.05) is 59.0 Å². The second-order valence-electron chi connectivity index (χ2n) is 3.14. The molecule has 0 aromatic carbocycles. The fourth-order valence-corrected chi connectivity index (χ4v) is 2.49. The van der Waals surface area contributed by atoms with Gasteiger partial charge >= 0.3 is 0 Å². The van der Waals surface area contributed by atoms with Crippen LogP contribution >= 0.6 is 45.2 Å². The molecule has 0 bridgehead atoms. The highest BCUT2D eigenvalue weighted by Gasteiger charge is 2.07. The number of halogens is 2. The lowest BCUT2D eigenvalue weighted by Gasteiger charge is -2.17. The molecule has 0 unspecified atom stereocenters. The Kier molecular flexibility index (Phi) is 9.08. The maximum absolute atomic E-state index is 3.50. The Morgan fingerprint density at radius 3 is 2.27 bits per heavy atom. The van der Waals surface area contributed by atoms with E-state index < -0.39 is 0 Å². The summed E-state index contributed by atoms with van der Waals surface area (Å²) in [5.41, 5.74) is 0. The van der Waals surface area contributed by atoms with Crippen molar-refractivity contribution < 1.29 is 0 Å². The van der Waals surface area contributed by atoms with Crippen molar-refractivity contribution in [3.05, 3.63) is 0 Å². The number of alkyl halides is 2. The van der Waals surface area contributed by atoms with E-state index in [0.717, 1.165) is 16.5 Å². The normalized spacial score (nSPS) is 13.9. The number of nitrogens with one attached hydrogen (secondary N) is 1. The topological polar surface area (TPSA) is 12.0 Å². The van der Waals surface area contributed by atoms with Crippen LogP contribution in [-0.4, -0.2) is 15.0 Å². The molecule has 0 aromatic heterocycles. The molecule has 0 radical (unpaired) electrons. The summed E-state index contributed by atoms with van der Waals surface area (Å²) >= 11 is 4.82. The molecule has 3 heteroatoms. The second kappa shape index (κ2) is 8.04. The molecule has 68 valence electrons. The molecule has 0 saturated heterocycles. The molecule has 0 rings (SSSR count).